The van der Waals surface area contributed by atoms with Crippen molar-refractivity contribution >= 4 is 5.57 Å². The van der Waals surface area contributed by atoms with Crippen molar-refractivity contribution in [2.24, 2.45) is 12.5 Å². The van der Waals surface area contributed by atoms with Crippen molar-refractivity contribution in [2.75, 3.05) is 6.61 Å². The Morgan fingerprint density at radius 2 is 2.22 bits per heavy atom. The molecule has 1 unspecified atom stereocenters. The van der Waals surface area contributed by atoms with E-state index in [1.165, 1.54) is 17.7 Å². The molecule has 1 fully saturated rings. The lowest BCUT2D eigenvalue weighted by atomic mass is 9.76. The summed E-state index contributed by atoms with van der Waals surface area (Å²) in [6, 6.07) is 2.10. The Morgan fingerprint density at radius 3 is 2.72 bits per heavy atom. The molecule has 0 bridgehead atoms. The third kappa shape index (κ3) is 2.01. The third-order valence-corrected chi connectivity index (χ3v) is 4.29. The molecule has 3 rings (SSSR count). The highest BCUT2D eigenvalue weighted by Crippen LogP contribution is 2.47. The molecule has 0 N–H and O–H groups in total. The van der Waals surface area contributed by atoms with Gasteiger partial charge in [-0.2, -0.15) is 5.10 Å². The zero-order valence-corrected chi connectivity index (χ0v) is 11.6. The Kier molecular flexibility index (Phi) is 2.63. The van der Waals surface area contributed by atoms with Crippen LogP contribution in [0.15, 0.2) is 18.3 Å². The predicted molar refractivity (Wildman–Crippen MR) is 72.1 cm³/mol. The molecular weight excluding hydrogens is 224 g/mol. The Bertz CT molecular complexity index is 486. The van der Waals surface area contributed by atoms with E-state index in [-0.39, 0.29) is 5.60 Å². The maximum absolute atomic E-state index is 6.13. The van der Waals surface area contributed by atoms with Gasteiger partial charge in [-0.1, -0.05) is 19.9 Å². The van der Waals surface area contributed by atoms with Crippen molar-refractivity contribution < 1.29 is 4.74 Å². The Hall–Kier alpha value is -1.09. The Morgan fingerprint density at radius 1 is 1.39 bits per heavy atom. The summed E-state index contributed by atoms with van der Waals surface area (Å²) in [5, 5.41) is 4.25. The molecule has 3 heteroatoms. The van der Waals surface area contributed by atoms with Crippen molar-refractivity contribution in [2.45, 2.75) is 45.1 Å². The van der Waals surface area contributed by atoms with E-state index in [2.05, 4.69) is 31.1 Å². The molecule has 1 aromatic heterocycles. The maximum atomic E-state index is 6.13. The first kappa shape index (κ1) is 12.0. The number of allylic oxidation sites excluding steroid dienone is 1. The van der Waals surface area contributed by atoms with Crippen LogP contribution in [0, 0.1) is 5.41 Å². The van der Waals surface area contributed by atoms with Gasteiger partial charge in [-0.25, -0.2) is 0 Å². The first-order valence-electron chi connectivity index (χ1n) is 6.81. The number of aromatic nitrogens is 2. The van der Waals surface area contributed by atoms with E-state index >= 15 is 0 Å². The first-order chi connectivity index (χ1) is 8.50. The van der Waals surface area contributed by atoms with Gasteiger partial charge in [0.2, 0.25) is 0 Å². The zero-order valence-electron chi connectivity index (χ0n) is 11.6. The van der Waals surface area contributed by atoms with Gasteiger partial charge in [0, 0.05) is 13.2 Å². The molecular formula is C15H22N2O. The fourth-order valence-electron chi connectivity index (χ4n) is 3.41. The highest BCUT2D eigenvalue weighted by atomic mass is 16.5. The molecule has 1 aliphatic carbocycles. The molecule has 18 heavy (non-hydrogen) atoms. The lowest BCUT2D eigenvalue weighted by Gasteiger charge is -2.32. The van der Waals surface area contributed by atoms with Crippen LogP contribution in [0.2, 0.25) is 0 Å². The summed E-state index contributed by atoms with van der Waals surface area (Å²) < 4.78 is 8.09. The van der Waals surface area contributed by atoms with Crippen molar-refractivity contribution in [1.82, 2.24) is 9.78 Å². The largest absolute Gasteiger partial charge is 0.374 e. The van der Waals surface area contributed by atoms with Gasteiger partial charge in [-0.05, 0) is 42.7 Å². The maximum Gasteiger partial charge on any atom is 0.0726 e. The number of nitrogens with zero attached hydrogens (tertiary/aromatic N) is 2. The molecule has 0 aromatic carbocycles. The third-order valence-electron chi connectivity index (χ3n) is 4.29. The van der Waals surface area contributed by atoms with E-state index < -0.39 is 0 Å². The van der Waals surface area contributed by atoms with Gasteiger partial charge in [-0.15, -0.1) is 0 Å². The van der Waals surface area contributed by atoms with Crippen molar-refractivity contribution in [1.29, 1.82) is 0 Å². The quantitative estimate of drug-likeness (QED) is 0.761. The standard InChI is InChI=1S/C15H22N2O/c1-14(2)10-15(18-11-14)7-4-12(5-8-15)13-6-9-16-17(13)3/h4,6,9H,5,7-8,10-11H2,1-3H3. The number of rotatable bonds is 1. The highest BCUT2D eigenvalue weighted by molar-refractivity contribution is 5.63. The summed E-state index contributed by atoms with van der Waals surface area (Å²) in [5.74, 6) is 0. The van der Waals surface area contributed by atoms with Gasteiger partial charge in [0.15, 0.2) is 0 Å². The molecule has 1 saturated heterocycles. The molecule has 1 spiro atoms. The monoisotopic (exact) mass is 246 g/mol. The normalized spacial score (nSPS) is 30.7. The van der Waals surface area contributed by atoms with Crippen LogP contribution in [-0.2, 0) is 11.8 Å². The second-order valence-electron chi connectivity index (χ2n) is 6.59. The molecule has 1 aromatic rings. The van der Waals surface area contributed by atoms with E-state index in [0.29, 0.717) is 5.41 Å². The minimum absolute atomic E-state index is 0.117. The summed E-state index contributed by atoms with van der Waals surface area (Å²) >= 11 is 0. The van der Waals surface area contributed by atoms with Crippen LogP contribution >= 0.6 is 0 Å². The van der Waals surface area contributed by atoms with E-state index in [0.717, 1.165) is 25.9 Å². The average Bonchev–Trinajstić information content (AvgIpc) is 2.85. The van der Waals surface area contributed by atoms with E-state index in [4.69, 9.17) is 4.74 Å². The number of hydrogen-bond acceptors (Lipinski definition) is 2. The van der Waals surface area contributed by atoms with E-state index in [9.17, 15) is 0 Å². The topological polar surface area (TPSA) is 27.1 Å². The Labute approximate surface area is 109 Å². The smallest absolute Gasteiger partial charge is 0.0726 e. The summed E-state index contributed by atoms with van der Waals surface area (Å²) in [6.45, 7) is 5.52. The lowest BCUT2D eigenvalue weighted by molar-refractivity contribution is -0.00369. The molecule has 0 amide bonds. The van der Waals surface area contributed by atoms with Crippen LogP contribution in [-0.4, -0.2) is 22.0 Å². The predicted octanol–water partition coefficient (Wildman–Crippen LogP) is 3.17. The van der Waals surface area contributed by atoms with Crippen LogP contribution in [0.25, 0.3) is 5.57 Å². The van der Waals surface area contributed by atoms with Crippen molar-refractivity contribution in [3.63, 3.8) is 0 Å². The van der Waals surface area contributed by atoms with Gasteiger partial charge in [0.25, 0.3) is 0 Å². The Balaban J connectivity index is 1.78. The fraction of sp³-hybridized carbons (Fsp3) is 0.667. The summed E-state index contributed by atoms with van der Waals surface area (Å²) in [5.41, 5.74) is 3.14. The molecule has 2 aliphatic rings. The van der Waals surface area contributed by atoms with Crippen molar-refractivity contribution in [3.05, 3.63) is 24.0 Å². The van der Waals surface area contributed by atoms with Crippen LogP contribution in [0.1, 0.15) is 45.2 Å². The highest BCUT2D eigenvalue weighted by Gasteiger charge is 2.44. The van der Waals surface area contributed by atoms with Crippen LogP contribution < -0.4 is 0 Å². The van der Waals surface area contributed by atoms with Gasteiger partial charge < -0.3 is 4.74 Å². The van der Waals surface area contributed by atoms with Gasteiger partial charge in [0.1, 0.15) is 0 Å². The molecule has 2 heterocycles. The van der Waals surface area contributed by atoms with Crippen LogP contribution in [0.4, 0.5) is 0 Å². The summed E-state index contributed by atoms with van der Waals surface area (Å²) in [7, 11) is 2.01. The number of hydrogen-bond donors (Lipinski definition) is 0. The fourth-order valence-corrected chi connectivity index (χ4v) is 3.41. The number of ether oxygens (including phenoxy) is 1. The minimum Gasteiger partial charge on any atom is -0.374 e. The second kappa shape index (κ2) is 3.95. The van der Waals surface area contributed by atoms with Gasteiger partial charge in [-0.3, -0.25) is 4.68 Å². The molecule has 98 valence electrons. The zero-order chi connectivity index (χ0) is 12.8. The molecule has 1 aliphatic heterocycles. The molecule has 3 nitrogen and oxygen atoms in total. The van der Waals surface area contributed by atoms with Crippen molar-refractivity contribution in [3.8, 4) is 0 Å². The lowest BCUT2D eigenvalue weighted by Crippen LogP contribution is -2.30. The molecule has 1 atom stereocenters. The average molecular weight is 246 g/mol. The van der Waals surface area contributed by atoms with E-state index in [1.807, 2.05) is 17.9 Å². The molecule has 0 radical (unpaired) electrons. The van der Waals surface area contributed by atoms with Gasteiger partial charge >= 0.3 is 0 Å². The van der Waals surface area contributed by atoms with Gasteiger partial charge in [0.05, 0.1) is 17.9 Å². The first-order valence-corrected chi connectivity index (χ1v) is 6.81. The van der Waals surface area contributed by atoms with E-state index in [1.54, 1.807) is 0 Å². The van der Waals surface area contributed by atoms with Crippen LogP contribution in [0.3, 0.4) is 0 Å². The number of aryl methyl sites for hydroxylation is 1. The minimum atomic E-state index is 0.117. The summed E-state index contributed by atoms with van der Waals surface area (Å²) in [6.07, 6.45) is 8.73. The molecule has 0 saturated carbocycles. The summed E-state index contributed by atoms with van der Waals surface area (Å²) in [4.78, 5) is 0. The second-order valence-corrected chi connectivity index (χ2v) is 6.59. The van der Waals surface area contributed by atoms with Crippen LogP contribution in [0.5, 0.6) is 0 Å². The SMILES string of the molecule is Cn1nccc1C1=CCC2(CC1)CC(C)(C)CO2.